The molecule has 0 saturated carbocycles. The summed E-state index contributed by atoms with van der Waals surface area (Å²) in [7, 11) is 0. The number of benzene rings is 12. The van der Waals surface area contributed by atoms with Gasteiger partial charge in [0.25, 0.3) is 0 Å². The summed E-state index contributed by atoms with van der Waals surface area (Å²) in [5.74, 6) is 2.53. The van der Waals surface area contributed by atoms with Gasteiger partial charge in [-0.3, -0.25) is 0 Å². The van der Waals surface area contributed by atoms with Gasteiger partial charge in [-0.1, -0.05) is 226 Å². The van der Waals surface area contributed by atoms with E-state index in [1.807, 2.05) is 102 Å². The van der Waals surface area contributed by atoms with E-state index in [0.717, 1.165) is 71.6 Å². The van der Waals surface area contributed by atoms with E-state index in [0.29, 0.717) is 51.4 Å². The van der Waals surface area contributed by atoms with Crippen LogP contribution in [0.3, 0.4) is 0 Å². The third-order valence-electron chi connectivity index (χ3n) is 16.4. The number of anilines is 4. The van der Waals surface area contributed by atoms with Crippen molar-refractivity contribution in [1.29, 1.82) is 0 Å². The zero-order valence-corrected chi connectivity index (χ0v) is 51.2. The summed E-state index contributed by atoms with van der Waals surface area (Å²) >= 11 is 0. The van der Waals surface area contributed by atoms with Crippen molar-refractivity contribution in [2.75, 3.05) is 9.80 Å². The molecule has 1 aliphatic rings. The van der Waals surface area contributed by atoms with E-state index in [4.69, 9.17) is 28.2 Å². The Bertz CT molecular complexity index is 5560. The molecule has 0 radical (unpaired) electrons. The van der Waals surface area contributed by atoms with E-state index in [1.54, 1.807) is 42.0 Å². The van der Waals surface area contributed by atoms with Crippen molar-refractivity contribution in [3.63, 3.8) is 0 Å². The first kappa shape index (κ1) is 45.5. The number of hydrogen-bond acceptors (Lipinski definition) is 5. The molecule has 90 heavy (non-hydrogen) atoms. The smallest absolute Gasteiger partial charge is 0.143 e. The fraction of sp³-hybridized carbons (Fsp3) is 0.0488. The van der Waals surface area contributed by atoms with Gasteiger partial charge in [0.05, 0.1) is 24.7 Å². The minimum atomic E-state index is -0.576. The fourth-order valence-electron chi connectivity index (χ4n) is 12.3. The maximum Gasteiger partial charge on any atom is 0.143 e. The van der Waals surface area contributed by atoms with Crippen LogP contribution in [-0.2, 0) is 26.5 Å². The first-order chi connectivity index (χ1) is 47.9. The minimum Gasteiger partial charge on any atom is -0.509 e. The van der Waals surface area contributed by atoms with Gasteiger partial charge in [0, 0.05) is 106 Å². The topological polar surface area (TPSA) is 47.7 Å². The van der Waals surface area contributed by atoms with Gasteiger partial charge in [0.1, 0.15) is 17.3 Å². The van der Waals surface area contributed by atoms with Crippen LogP contribution in [0.5, 0.6) is 23.0 Å². The minimum absolute atomic E-state index is 0. The summed E-state index contributed by atoms with van der Waals surface area (Å²) in [6.07, 6.45) is 1.77. The normalized spacial score (nSPS) is 13.8. The number of para-hydroxylation sites is 5. The SMILES string of the molecule is [2H]c1c([2H])c([2H])c(-c2cccc(-c3c([2H])c([2H])c([2H])c([2H])c3[2H])c2N2[CH-]N(c3[c-]c(Oc4[c-]c5c(cc4)c4cc(C(C)(C)C)ccc4n5-c4cc(Oc5c(-c6ccccc6)cc(-n6c7ccccc7c7ccccc76)cc5-c5ccccc5)ccn4)ccc3)c3ccccc32)c([2H])c1[2H].[Pt]. The molecule has 16 rings (SSSR count). The molecule has 8 heteroatoms. The number of ether oxygens (including phenoxy) is 2. The third-order valence-corrected chi connectivity index (χ3v) is 16.4. The van der Waals surface area contributed by atoms with Crippen LogP contribution in [0.4, 0.5) is 22.7 Å². The summed E-state index contributed by atoms with van der Waals surface area (Å²) in [6.45, 7) is 8.34. The van der Waals surface area contributed by atoms with Gasteiger partial charge in [-0.05, 0) is 87.1 Å². The molecule has 0 atom stereocenters. The summed E-state index contributed by atoms with van der Waals surface area (Å²) in [5.41, 5.74) is 11.5. The molecule has 436 valence electrons. The second kappa shape index (κ2) is 23.1. The Morgan fingerprint density at radius 1 is 0.444 bits per heavy atom. The molecular weight excluding hydrogens is 1280 g/mol. The van der Waals surface area contributed by atoms with Crippen molar-refractivity contribution in [3.05, 3.63) is 315 Å². The molecule has 0 bridgehead atoms. The molecule has 0 unspecified atom stereocenters. The second-order valence-corrected chi connectivity index (χ2v) is 22.9. The van der Waals surface area contributed by atoms with Gasteiger partial charge in [-0.15, -0.1) is 48.1 Å². The van der Waals surface area contributed by atoms with Crippen LogP contribution in [-0.4, -0.2) is 14.1 Å². The van der Waals surface area contributed by atoms with Crippen molar-refractivity contribution in [2.24, 2.45) is 0 Å². The average Bonchev–Trinajstić information content (AvgIpc) is 1.33. The Morgan fingerprint density at radius 2 is 1.01 bits per heavy atom. The van der Waals surface area contributed by atoms with Gasteiger partial charge in [-0.2, -0.15) is 12.1 Å². The van der Waals surface area contributed by atoms with E-state index >= 15 is 0 Å². The predicted octanol–water partition coefficient (Wildman–Crippen LogP) is 21.8. The summed E-state index contributed by atoms with van der Waals surface area (Å²) in [5, 5.41) is 4.24. The number of hydrogen-bond donors (Lipinski definition) is 0. The average molecular weight is 1350 g/mol. The van der Waals surface area contributed by atoms with Crippen molar-refractivity contribution in [2.45, 2.75) is 26.2 Å². The maximum atomic E-state index is 9.15. The number of nitrogens with zero attached hydrogens (tertiary/aromatic N) is 5. The van der Waals surface area contributed by atoms with Crippen molar-refractivity contribution in [3.8, 4) is 79.0 Å². The Hall–Kier alpha value is -10.7. The quantitative estimate of drug-likeness (QED) is 0.114. The third kappa shape index (κ3) is 9.98. The van der Waals surface area contributed by atoms with Crippen LogP contribution < -0.4 is 19.3 Å². The van der Waals surface area contributed by atoms with Gasteiger partial charge in [-0.25, -0.2) is 4.98 Å². The van der Waals surface area contributed by atoms with E-state index in [-0.39, 0.29) is 54.4 Å². The number of pyridine rings is 1. The zero-order valence-electron chi connectivity index (χ0n) is 58.9. The molecular formula is C82H58N5O2Pt-3. The molecule has 7 nitrogen and oxygen atoms in total. The van der Waals surface area contributed by atoms with Crippen LogP contribution in [0, 0.1) is 18.8 Å². The summed E-state index contributed by atoms with van der Waals surface area (Å²) < 4.78 is 107. The van der Waals surface area contributed by atoms with E-state index in [9.17, 15) is 0 Å². The standard InChI is InChI=1S/C82H58N5O2.Pt/c1-82(2,3)59-42-45-75-72(48-59)69-44-43-63(88-62-33-22-32-60(49-62)84-54-85(77-41-21-20-40-76(77)84)80-65(55-24-8-4-9-25-55)36-23-37-66(80)56-26-10-5-11-27-56)52-78(69)87(75)79-53-64(46-47-83-79)89-81-70(57-28-12-6-13-29-57)50-61(51-71(81)58-30-14-7-15-31-58)86-73-38-18-16-34-67(73)68-35-17-19-39-74(68)86;/h4-48,50-51,53-54H,1-3H3;/q-3;/i4D,5D,8D,9D,10D,11D,24D,25D,26D,27D;. The Kier molecular flexibility index (Phi) is 11.7. The van der Waals surface area contributed by atoms with Crippen LogP contribution in [0.15, 0.2) is 291 Å². The molecule has 3 aromatic heterocycles. The molecule has 0 amide bonds. The molecule has 0 aliphatic carbocycles. The summed E-state index contributed by atoms with van der Waals surface area (Å²) in [6, 6.07) is 76.0. The van der Waals surface area contributed by atoms with Crippen molar-refractivity contribution >= 4 is 66.4 Å². The predicted molar refractivity (Wildman–Crippen MR) is 366 cm³/mol. The first-order valence-electron chi connectivity index (χ1n) is 34.3. The van der Waals surface area contributed by atoms with E-state index < -0.39 is 60.4 Å². The molecule has 12 aromatic carbocycles. The largest absolute Gasteiger partial charge is 0.509 e. The number of aromatic nitrogens is 3. The van der Waals surface area contributed by atoms with Crippen LogP contribution in [0.2, 0.25) is 0 Å². The summed E-state index contributed by atoms with van der Waals surface area (Å²) in [4.78, 5) is 8.68. The van der Waals surface area contributed by atoms with Crippen LogP contribution in [0.25, 0.3) is 99.6 Å². The zero-order chi connectivity index (χ0) is 68.3. The Labute approximate surface area is 552 Å². The Balaban J connectivity index is 0.00000812. The molecule has 0 saturated heterocycles. The van der Waals surface area contributed by atoms with Gasteiger partial charge >= 0.3 is 0 Å². The molecule has 1 aliphatic heterocycles. The molecule has 0 spiro atoms. The molecule has 15 aromatic rings. The number of rotatable bonds is 12. The monoisotopic (exact) mass is 1350 g/mol. The first-order valence-corrected chi connectivity index (χ1v) is 29.3. The van der Waals surface area contributed by atoms with Crippen molar-refractivity contribution < 1.29 is 44.2 Å². The fourth-order valence-corrected chi connectivity index (χ4v) is 12.3. The van der Waals surface area contributed by atoms with E-state index in [2.05, 4.69) is 145 Å². The molecule has 0 N–H and O–H groups in total. The van der Waals surface area contributed by atoms with Crippen molar-refractivity contribution in [1.82, 2.24) is 14.1 Å². The van der Waals surface area contributed by atoms with Gasteiger partial charge in [0.15, 0.2) is 0 Å². The maximum absolute atomic E-state index is 9.15. The van der Waals surface area contributed by atoms with Crippen LogP contribution in [0.1, 0.15) is 40.0 Å². The van der Waals surface area contributed by atoms with Gasteiger partial charge < -0.3 is 28.4 Å². The molecule has 0 fully saturated rings. The van der Waals surface area contributed by atoms with Gasteiger partial charge in [0.2, 0.25) is 0 Å². The second-order valence-electron chi connectivity index (χ2n) is 22.9. The van der Waals surface area contributed by atoms with Crippen LogP contribution >= 0.6 is 0 Å². The molecule has 4 heterocycles. The Morgan fingerprint density at radius 3 is 1.64 bits per heavy atom. The number of fused-ring (bicyclic) bond motifs is 7. The van der Waals surface area contributed by atoms with E-state index in [1.165, 1.54) is 0 Å².